The summed E-state index contributed by atoms with van der Waals surface area (Å²) in [6, 6.07) is 0. The number of nitrogens with zero attached hydrogens (tertiary/aromatic N) is 6. The van der Waals surface area contributed by atoms with Crippen LogP contribution in [0.15, 0.2) is 10.4 Å². The molecule has 0 fully saturated rings. The second kappa shape index (κ2) is 5.94. The molecule has 0 aliphatic rings. The van der Waals surface area contributed by atoms with Gasteiger partial charge in [0, 0.05) is 13.1 Å². The predicted octanol–water partition coefficient (Wildman–Crippen LogP) is 3.20. The van der Waals surface area contributed by atoms with Gasteiger partial charge in [0.2, 0.25) is 0 Å². The third-order valence-corrected chi connectivity index (χ3v) is 3.61. The zero-order chi connectivity index (χ0) is 15.6. The van der Waals surface area contributed by atoms with E-state index in [4.69, 9.17) is 0 Å². The quantitative estimate of drug-likeness (QED) is 0.763. The maximum Gasteiger partial charge on any atom is 0.151 e. The first-order valence-electron chi connectivity index (χ1n) is 6.74. The summed E-state index contributed by atoms with van der Waals surface area (Å²) in [5, 5.41) is 14.6. The highest BCUT2D eigenvalue weighted by Gasteiger charge is 2.13. The molecule has 8 heteroatoms. The molecule has 0 saturated heterocycles. The SMILES string of the molecule is Cc1nn(CCCn2nc(C)c(N=O)c2C)c(C)c1N=O. The van der Waals surface area contributed by atoms with Gasteiger partial charge in [-0.2, -0.15) is 10.2 Å². The molecule has 0 spiro atoms. The second-order valence-electron chi connectivity index (χ2n) is 5.02. The van der Waals surface area contributed by atoms with Crippen LogP contribution in [0.4, 0.5) is 11.4 Å². The molecule has 2 rings (SSSR count). The predicted molar refractivity (Wildman–Crippen MR) is 78.9 cm³/mol. The van der Waals surface area contributed by atoms with Gasteiger partial charge in [-0.15, -0.1) is 9.81 Å². The molecule has 0 N–H and O–H groups in total. The Balaban J connectivity index is 2.05. The first-order chi connectivity index (χ1) is 9.99. The van der Waals surface area contributed by atoms with Gasteiger partial charge in [0.25, 0.3) is 0 Å². The molecular weight excluding hydrogens is 272 g/mol. The van der Waals surface area contributed by atoms with Crippen molar-refractivity contribution in [2.75, 3.05) is 0 Å². The van der Waals surface area contributed by atoms with Gasteiger partial charge in [0.15, 0.2) is 11.4 Å². The topological polar surface area (TPSA) is 94.5 Å². The summed E-state index contributed by atoms with van der Waals surface area (Å²) >= 11 is 0. The van der Waals surface area contributed by atoms with Crippen LogP contribution >= 0.6 is 0 Å². The Morgan fingerprint density at radius 2 is 1.19 bits per heavy atom. The fourth-order valence-corrected chi connectivity index (χ4v) is 2.44. The molecule has 112 valence electrons. The van der Waals surface area contributed by atoms with Crippen LogP contribution in [-0.2, 0) is 13.1 Å². The monoisotopic (exact) mass is 290 g/mol. The van der Waals surface area contributed by atoms with E-state index >= 15 is 0 Å². The summed E-state index contributed by atoms with van der Waals surface area (Å²) in [5.41, 5.74) is 3.64. The van der Waals surface area contributed by atoms with Crippen molar-refractivity contribution in [1.29, 1.82) is 0 Å². The summed E-state index contributed by atoms with van der Waals surface area (Å²) in [6.07, 6.45) is 0.778. The fraction of sp³-hybridized carbons (Fsp3) is 0.538. The van der Waals surface area contributed by atoms with Crippen molar-refractivity contribution in [2.24, 2.45) is 10.4 Å². The number of rotatable bonds is 6. The normalized spacial score (nSPS) is 10.9. The fourth-order valence-electron chi connectivity index (χ4n) is 2.44. The van der Waals surface area contributed by atoms with Gasteiger partial charge in [0.05, 0.1) is 22.8 Å². The first-order valence-corrected chi connectivity index (χ1v) is 6.74. The smallest absolute Gasteiger partial charge is 0.151 e. The minimum atomic E-state index is 0.411. The van der Waals surface area contributed by atoms with E-state index in [1.165, 1.54) is 0 Å². The van der Waals surface area contributed by atoms with E-state index in [9.17, 15) is 9.81 Å². The standard InChI is InChI=1S/C13H18N6O2/c1-8-12(16-20)10(3)18(14-8)6-5-7-19-11(4)13(17-21)9(2)15-19/h5-7H2,1-4H3. The van der Waals surface area contributed by atoms with E-state index in [0.717, 1.165) is 17.8 Å². The molecule has 0 aliphatic heterocycles. The summed E-state index contributed by atoms with van der Waals surface area (Å²) in [6.45, 7) is 8.50. The van der Waals surface area contributed by atoms with Crippen LogP contribution in [-0.4, -0.2) is 19.6 Å². The van der Waals surface area contributed by atoms with Gasteiger partial charge >= 0.3 is 0 Å². The van der Waals surface area contributed by atoms with Crippen molar-refractivity contribution in [3.05, 3.63) is 32.6 Å². The largest absolute Gasteiger partial charge is 0.267 e. The van der Waals surface area contributed by atoms with Crippen LogP contribution in [0, 0.1) is 37.5 Å². The Morgan fingerprint density at radius 3 is 1.48 bits per heavy atom. The van der Waals surface area contributed by atoms with Gasteiger partial charge in [-0.1, -0.05) is 0 Å². The van der Waals surface area contributed by atoms with Crippen LogP contribution in [0.2, 0.25) is 0 Å². The third-order valence-electron chi connectivity index (χ3n) is 3.61. The van der Waals surface area contributed by atoms with E-state index < -0.39 is 0 Å². The Hall–Kier alpha value is -2.38. The van der Waals surface area contributed by atoms with Crippen LogP contribution < -0.4 is 0 Å². The van der Waals surface area contributed by atoms with Crippen LogP contribution in [0.25, 0.3) is 0 Å². The Kier molecular flexibility index (Phi) is 4.25. The minimum Gasteiger partial charge on any atom is -0.267 e. The summed E-state index contributed by atoms with van der Waals surface area (Å²) in [5.74, 6) is 0. The van der Waals surface area contributed by atoms with Gasteiger partial charge < -0.3 is 0 Å². The second-order valence-corrected chi connectivity index (χ2v) is 5.02. The lowest BCUT2D eigenvalue weighted by Crippen LogP contribution is -2.08. The maximum absolute atomic E-state index is 10.7. The van der Waals surface area contributed by atoms with E-state index in [1.807, 2.05) is 13.8 Å². The molecule has 0 bridgehead atoms. The molecule has 0 radical (unpaired) electrons. The molecule has 8 nitrogen and oxygen atoms in total. The lowest BCUT2D eigenvalue weighted by atomic mass is 10.3. The highest BCUT2D eigenvalue weighted by atomic mass is 16.3. The van der Waals surface area contributed by atoms with E-state index in [2.05, 4.69) is 20.6 Å². The zero-order valence-corrected chi connectivity index (χ0v) is 12.6. The van der Waals surface area contributed by atoms with Crippen LogP contribution in [0.1, 0.15) is 29.2 Å². The van der Waals surface area contributed by atoms with Crippen LogP contribution in [0.5, 0.6) is 0 Å². The molecule has 0 amide bonds. The zero-order valence-electron chi connectivity index (χ0n) is 12.6. The maximum atomic E-state index is 10.7. The highest BCUT2D eigenvalue weighted by molar-refractivity contribution is 5.46. The van der Waals surface area contributed by atoms with Crippen molar-refractivity contribution in [2.45, 2.75) is 47.2 Å². The van der Waals surface area contributed by atoms with Gasteiger partial charge in [0.1, 0.15) is 0 Å². The Morgan fingerprint density at radius 1 is 0.810 bits per heavy atom. The average Bonchev–Trinajstić information content (AvgIpc) is 2.87. The molecule has 0 aliphatic carbocycles. The molecule has 21 heavy (non-hydrogen) atoms. The number of hydrogen-bond donors (Lipinski definition) is 0. The summed E-state index contributed by atoms with van der Waals surface area (Å²) in [4.78, 5) is 21.4. The van der Waals surface area contributed by atoms with Gasteiger partial charge in [-0.3, -0.25) is 9.36 Å². The average molecular weight is 290 g/mol. The number of aryl methyl sites for hydroxylation is 4. The lowest BCUT2D eigenvalue weighted by Gasteiger charge is -2.06. The molecular formula is C13H18N6O2. The van der Waals surface area contributed by atoms with Gasteiger partial charge in [-0.05, 0) is 44.5 Å². The minimum absolute atomic E-state index is 0.411. The van der Waals surface area contributed by atoms with Crippen molar-refractivity contribution in [1.82, 2.24) is 19.6 Å². The van der Waals surface area contributed by atoms with Crippen molar-refractivity contribution < 1.29 is 0 Å². The number of aromatic nitrogens is 4. The molecule has 2 aromatic rings. The summed E-state index contributed by atoms with van der Waals surface area (Å²) in [7, 11) is 0. The third kappa shape index (κ3) is 2.74. The Labute approximate surface area is 122 Å². The Bertz CT molecular complexity index is 627. The van der Waals surface area contributed by atoms with Crippen molar-refractivity contribution >= 4 is 11.4 Å². The highest BCUT2D eigenvalue weighted by Crippen LogP contribution is 2.24. The molecule has 0 saturated carbocycles. The first kappa shape index (κ1) is 15.0. The van der Waals surface area contributed by atoms with E-state index in [-0.39, 0.29) is 0 Å². The van der Waals surface area contributed by atoms with E-state index in [1.54, 1.807) is 23.2 Å². The lowest BCUT2D eigenvalue weighted by molar-refractivity contribution is 0.486. The number of hydrogen-bond acceptors (Lipinski definition) is 6. The summed E-state index contributed by atoms with van der Waals surface area (Å²) < 4.78 is 3.55. The molecule has 0 unspecified atom stereocenters. The van der Waals surface area contributed by atoms with Crippen molar-refractivity contribution in [3.63, 3.8) is 0 Å². The molecule has 0 atom stereocenters. The van der Waals surface area contributed by atoms with Crippen LogP contribution in [0.3, 0.4) is 0 Å². The molecule has 0 aromatic carbocycles. The van der Waals surface area contributed by atoms with Crippen molar-refractivity contribution in [3.8, 4) is 0 Å². The number of nitroso groups, excluding NO2 is 2. The van der Waals surface area contributed by atoms with Gasteiger partial charge in [-0.25, -0.2) is 0 Å². The van der Waals surface area contributed by atoms with E-state index in [0.29, 0.717) is 35.9 Å². The molecule has 2 aromatic heterocycles. The molecule has 2 heterocycles.